The molecule has 0 spiro atoms. The van der Waals surface area contributed by atoms with Gasteiger partial charge in [0.1, 0.15) is 23.2 Å². The Morgan fingerprint density at radius 3 is 2.83 bits per heavy atom. The number of nitrogens with two attached hydrogens (primary N) is 1. The van der Waals surface area contributed by atoms with Gasteiger partial charge in [-0.1, -0.05) is 16.7 Å². The maximum atomic E-state index is 14.4. The summed E-state index contributed by atoms with van der Waals surface area (Å²) < 4.78 is 34.9. The molecule has 2 aromatic heterocycles. The quantitative estimate of drug-likeness (QED) is 0.0964. The molecule has 14 nitrogen and oxygen atoms in total. The number of ether oxygens (including phenoxy) is 1. The van der Waals surface area contributed by atoms with Gasteiger partial charge in [-0.05, 0) is 11.6 Å². The summed E-state index contributed by atoms with van der Waals surface area (Å²) in [5.74, 6) is -2.92. The zero-order valence-electron chi connectivity index (χ0n) is 18.5. The molecule has 17 heteroatoms. The number of amides is 1. The molecule has 1 aliphatic rings. The van der Waals surface area contributed by atoms with Gasteiger partial charge in [0.25, 0.3) is 0 Å². The SMILES string of the molecule is [N-]=[N+]=Nc1c(F)c(C(N)CC(=O)NCCNc2ccn([C@H]3CC(O)[C@@H](CO)O3)c(=O)n2)nc(F)c1Cl. The highest BCUT2D eigenvalue weighted by atomic mass is 35.5. The summed E-state index contributed by atoms with van der Waals surface area (Å²) in [5, 5.41) is 26.5. The van der Waals surface area contributed by atoms with Gasteiger partial charge in [-0.25, -0.2) is 14.2 Å². The standard InChI is InChI=1S/C19H22ClF2N9O5/c20-14-17(29-30-24)15(21)16(28-18(14)22)8(23)5-12(34)26-3-2-25-11-1-4-31(19(35)27-11)13-6-9(33)10(7-32)36-13/h1,4,8-10,13,32-33H,2-3,5-7,23H2,(H,26,34)(H,25,27,35)/t8?,9?,10-,13-/m1/s1. The van der Waals surface area contributed by atoms with E-state index in [4.69, 9.17) is 32.7 Å². The van der Waals surface area contributed by atoms with Crippen LogP contribution in [0.15, 0.2) is 22.2 Å². The number of carbonyl (C=O) groups excluding carboxylic acids is 1. The van der Waals surface area contributed by atoms with Crippen LogP contribution in [0.2, 0.25) is 5.02 Å². The topological polar surface area (TPSA) is 213 Å². The molecule has 0 aromatic carbocycles. The van der Waals surface area contributed by atoms with Gasteiger partial charge in [-0.15, -0.1) is 0 Å². The second-order valence-corrected chi connectivity index (χ2v) is 8.04. The fraction of sp³-hybridized carbons (Fsp3) is 0.474. The van der Waals surface area contributed by atoms with Crippen molar-refractivity contribution in [3.05, 3.63) is 55.7 Å². The molecular formula is C19H22ClF2N9O5. The average Bonchev–Trinajstić information content (AvgIpc) is 3.22. The Morgan fingerprint density at radius 1 is 1.44 bits per heavy atom. The first-order chi connectivity index (χ1) is 17.2. The summed E-state index contributed by atoms with van der Waals surface area (Å²) >= 11 is 5.54. The maximum absolute atomic E-state index is 14.4. The number of halogens is 3. The lowest BCUT2D eigenvalue weighted by Crippen LogP contribution is -2.32. The van der Waals surface area contributed by atoms with Crippen LogP contribution in [-0.2, 0) is 9.53 Å². The van der Waals surface area contributed by atoms with Crippen molar-refractivity contribution in [2.45, 2.75) is 37.3 Å². The summed E-state index contributed by atoms with van der Waals surface area (Å²) in [4.78, 5) is 34.0. The fourth-order valence-corrected chi connectivity index (χ4v) is 3.60. The fourth-order valence-electron chi connectivity index (χ4n) is 3.44. The van der Waals surface area contributed by atoms with E-state index in [2.05, 4.69) is 30.6 Å². The number of anilines is 1. The Balaban J connectivity index is 1.50. The molecule has 0 bridgehead atoms. The van der Waals surface area contributed by atoms with Gasteiger partial charge in [0, 0.05) is 37.0 Å². The lowest BCUT2D eigenvalue weighted by atomic mass is 10.1. The Bertz CT molecular complexity index is 1230. The summed E-state index contributed by atoms with van der Waals surface area (Å²) in [6, 6.07) is 0.139. The summed E-state index contributed by atoms with van der Waals surface area (Å²) in [7, 11) is 0. The van der Waals surface area contributed by atoms with Crippen LogP contribution in [0.4, 0.5) is 20.3 Å². The largest absolute Gasteiger partial charge is 0.394 e. The van der Waals surface area contributed by atoms with Gasteiger partial charge in [0.15, 0.2) is 5.82 Å². The van der Waals surface area contributed by atoms with Gasteiger partial charge in [0.2, 0.25) is 11.9 Å². The van der Waals surface area contributed by atoms with Crippen LogP contribution in [0.5, 0.6) is 0 Å². The molecule has 194 valence electrons. The lowest BCUT2D eigenvalue weighted by molar-refractivity contribution is -0.121. The molecule has 1 aliphatic heterocycles. The molecule has 0 aliphatic carbocycles. The first-order valence-corrected chi connectivity index (χ1v) is 10.9. The first kappa shape index (κ1) is 27.2. The number of aliphatic hydroxyl groups excluding tert-OH is 2. The molecule has 0 saturated carbocycles. The highest BCUT2D eigenvalue weighted by Crippen LogP contribution is 2.33. The number of carbonyl (C=O) groups is 1. The molecule has 2 unspecified atom stereocenters. The number of rotatable bonds is 10. The third kappa shape index (κ3) is 6.23. The van der Waals surface area contributed by atoms with Crippen LogP contribution in [0.25, 0.3) is 10.4 Å². The number of nitrogens with zero attached hydrogens (tertiary/aromatic N) is 6. The number of hydrogen-bond acceptors (Lipinski definition) is 10. The normalized spacial score (nSPS) is 20.0. The molecule has 0 radical (unpaired) electrons. The van der Waals surface area contributed by atoms with E-state index in [1.807, 2.05) is 0 Å². The van der Waals surface area contributed by atoms with Crippen molar-refractivity contribution >= 4 is 29.0 Å². The molecule has 3 rings (SSSR count). The minimum Gasteiger partial charge on any atom is -0.394 e. The Labute approximate surface area is 206 Å². The van der Waals surface area contributed by atoms with E-state index in [1.54, 1.807) is 0 Å². The van der Waals surface area contributed by atoms with Crippen molar-refractivity contribution in [2.24, 2.45) is 10.8 Å². The first-order valence-electron chi connectivity index (χ1n) is 10.6. The zero-order chi connectivity index (χ0) is 26.4. The van der Waals surface area contributed by atoms with Crippen molar-refractivity contribution in [1.82, 2.24) is 19.9 Å². The molecule has 3 heterocycles. The average molecular weight is 530 g/mol. The molecule has 2 aromatic rings. The monoisotopic (exact) mass is 529 g/mol. The van der Waals surface area contributed by atoms with E-state index in [9.17, 15) is 23.5 Å². The predicted octanol–water partition coefficient (Wildman–Crippen LogP) is 0.771. The van der Waals surface area contributed by atoms with E-state index in [0.717, 1.165) is 0 Å². The van der Waals surface area contributed by atoms with Crippen molar-refractivity contribution in [3.8, 4) is 0 Å². The second kappa shape index (κ2) is 12.0. The molecule has 4 atom stereocenters. The molecule has 1 amide bonds. The molecule has 36 heavy (non-hydrogen) atoms. The van der Waals surface area contributed by atoms with Gasteiger partial charge >= 0.3 is 5.69 Å². The minimum absolute atomic E-state index is 0.0707. The molecule has 6 N–H and O–H groups in total. The van der Waals surface area contributed by atoms with E-state index < -0.39 is 70.7 Å². The van der Waals surface area contributed by atoms with E-state index >= 15 is 0 Å². The van der Waals surface area contributed by atoms with Crippen LogP contribution in [-0.4, -0.2) is 62.6 Å². The van der Waals surface area contributed by atoms with Crippen molar-refractivity contribution in [2.75, 3.05) is 25.0 Å². The van der Waals surface area contributed by atoms with Crippen LogP contribution in [0.1, 0.15) is 30.8 Å². The lowest BCUT2D eigenvalue weighted by Gasteiger charge is -2.15. The van der Waals surface area contributed by atoms with Crippen LogP contribution in [0.3, 0.4) is 0 Å². The third-order valence-corrected chi connectivity index (χ3v) is 5.55. The van der Waals surface area contributed by atoms with Crippen molar-refractivity contribution < 1.29 is 28.5 Å². The predicted molar refractivity (Wildman–Crippen MR) is 121 cm³/mol. The van der Waals surface area contributed by atoms with E-state index in [1.165, 1.54) is 16.8 Å². The van der Waals surface area contributed by atoms with E-state index in [0.29, 0.717) is 0 Å². The number of hydrogen-bond donors (Lipinski definition) is 5. The number of azide groups is 1. The zero-order valence-corrected chi connectivity index (χ0v) is 19.3. The number of pyridine rings is 1. The molecule has 1 fully saturated rings. The highest BCUT2D eigenvalue weighted by Gasteiger charge is 2.35. The number of aromatic nitrogens is 3. The highest BCUT2D eigenvalue weighted by molar-refractivity contribution is 6.33. The Kier molecular flexibility index (Phi) is 9.08. The Hall–Kier alpha value is -3.40. The molecule has 1 saturated heterocycles. The summed E-state index contributed by atoms with van der Waals surface area (Å²) in [5.41, 5.74) is 12.2. The van der Waals surface area contributed by atoms with Gasteiger partial charge in [-0.3, -0.25) is 9.36 Å². The smallest absolute Gasteiger partial charge is 0.351 e. The van der Waals surface area contributed by atoms with Gasteiger partial charge < -0.3 is 31.3 Å². The van der Waals surface area contributed by atoms with Crippen molar-refractivity contribution in [3.63, 3.8) is 0 Å². The van der Waals surface area contributed by atoms with Gasteiger partial charge in [0.05, 0.1) is 30.1 Å². The van der Waals surface area contributed by atoms with E-state index in [-0.39, 0.29) is 31.9 Å². The number of aliphatic hydroxyl groups is 2. The third-order valence-electron chi connectivity index (χ3n) is 5.22. The number of nitrogens with one attached hydrogen (secondary N) is 2. The van der Waals surface area contributed by atoms with Crippen LogP contribution >= 0.6 is 11.6 Å². The maximum Gasteiger partial charge on any atom is 0.351 e. The van der Waals surface area contributed by atoms with Crippen LogP contribution < -0.4 is 22.1 Å². The van der Waals surface area contributed by atoms with Gasteiger partial charge in [-0.2, -0.15) is 9.37 Å². The minimum atomic E-state index is -1.35. The Morgan fingerprint density at radius 2 is 2.19 bits per heavy atom. The van der Waals surface area contributed by atoms with Crippen molar-refractivity contribution in [1.29, 1.82) is 0 Å². The molecular weight excluding hydrogens is 508 g/mol. The van der Waals surface area contributed by atoms with Crippen LogP contribution in [0, 0.1) is 11.8 Å². The summed E-state index contributed by atoms with van der Waals surface area (Å²) in [6.45, 7) is -0.151. The summed E-state index contributed by atoms with van der Waals surface area (Å²) in [6.07, 6.45) is -1.36. The second-order valence-electron chi connectivity index (χ2n) is 7.66.